The molecule has 0 saturated heterocycles. The van der Waals surface area contributed by atoms with Crippen molar-refractivity contribution >= 4 is 7.94 Å². The van der Waals surface area contributed by atoms with E-state index in [0.717, 1.165) is 0 Å². The van der Waals surface area contributed by atoms with Gasteiger partial charge in [-0.1, -0.05) is 20.8 Å². The summed E-state index contributed by atoms with van der Waals surface area (Å²) >= 11 is 0. The minimum absolute atomic E-state index is 0.258. The smallest absolute Gasteiger partial charge is 0.193 e. The van der Waals surface area contributed by atoms with Crippen molar-refractivity contribution in [2.75, 3.05) is 0 Å². The summed E-state index contributed by atoms with van der Waals surface area (Å²) in [5.74, 6) is 0. The molecule has 3 nitrogen and oxygen atoms in total. The Hall–Kier alpha value is 0.310. The maximum Gasteiger partial charge on any atom is 0.407 e. The molecule has 0 heterocycles. The first kappa shape index (κ1) is 10.3. The van der Waals surface area contributed by atoms with Crippen molar-refractivity contribution in [1.29, 1.82) is 0 Å². The minimum Gasteiger partial charge on any atom is -0.193 e. The van der Waals surface area contributed by atoms with Gasteiger partial charge in [-0.2, -0.15) is 14.7 Å². The van der Waals surface area contributed by atoms with Crippen molar-refractivity contribution in [2.45, 2.75) is 33.4 Å². The van der Waals surface area contributed by atoms with Gasteiger partial charge < -0.3 is 0 Å². The van der Waals surface area contributed by atoms with Crippen molar-refractivity contribution in [3.8, 4) is 0 Å². The Morgan fingerprint density at radius 3 is 1.40 bits per heavy atom. The summed E-state index contributed by atoms with van der Waals surface area (Å²) in [6, 6.07) is 0. The molecule has 0 amide bonds. The van der Waals surface area contributed by atoms with Crippen LogP contribution in [0, 0.1) is 5.41 Å². The molecule has 3 N–H and O–H groups in total. The van der Waals surface area contributed by atoms with E-state index in [4.69, 9.17) is 14.7 Å². The molecule has 1 unspecified atom stereocenters. The molecule has 0 spiro atoms. The average molecular weight is 167 g/mol. The zero-order valence-electron chi connectivity index (χ0n) is 6.87. The molecule has 0 aliphatic rings. The molecule has 0 radical (unpaired) electrons. The van der Waals surface area contributed by atoms with Gasteiger partial charge >= 0.3 is 7.94 Å². The van der Waals surface area contributed by atoms with Crippen molar-refractivity contribution in [3.63, 3.8) is 0 Å². The Morgan fingerprint density at radius 1 is 1.10 bits per heavy atom. The average Bonchev–Trinajstić information content (AvgIpc) is 1.59. The molecule has 0 aromatic rings. The second-order valence-electron chi connectivity index (χ2n) is 3.66. The highest BCUT2D eigenvalue weighted by molar-refractivity contribution is 7.59. The highest BCUT2D eigenvalue weighted by Crippen LogP contribution is 2.56. The van der Waals surface area contributed by atoms with Gasteiger partial charge in [0.25, 0.3) is 0 Å². The largest absolute Gasteiger partial charge is 0.407 e. The predicted octanol–water partition coefficient (Wildman–Crippen LogP) is 1.16. The molecule has 0 bridgehead atoms. The fraction of sp³-hybridized carbons (Fsp3) is 1.00. The molecule has 0 saturated carbocycles. The summed E-state index contributed by atoms with van der Waals surface area (Å²) in [5, 5.41) is 0. The van der Waals surface area contributed by atoms with Gasteiger partial charge in [-0.15, -0.1) is 0 Å². The van der Waals surface area contributed by atoms with E-state index in [0.29, 0.717) is 0 Å². The van der Waals surface area contributed by atoms with Crippen molar-refractivity contribution in [1.82, 2.24) is 0 Å². The van der Waals surface area contributed by atoms with Gasteiger partial charge in [0.2, 0.25) is 0 Å². The summed E-state index contributed by atoms with van der Waals surface area (Å²) in [6.07, 6.45) is 0. The molecule has 4 heteroatoms. The van der Waals surface area contributed by atoms with Gasteiger partial charge in [-0.3, -0.25) is 0 Å². The fourth-order valence-electron chi connectivity index (χ4n) is 0.520. The molecule has 1 atom stereocenters. The highest BCUT2D eigenvalue weighted by Gasteiger charge is 2.46. The van der Waals surface area contributed by atoms with Crippen LogP contribution in [-0.4, -0.2) is 20.3 Å². The molecule has 62 valence electrons. The van der Waals surface area contributed by atoms with E-state index in [1.807, 2.05) is 20.8 Å². The molecule has 0 aromatic carbocycles. The van der Waals surface area contributed by atoms with E-state index in [-0.39, 0.29) is 5.41 Å². The molecule has 10 heavy (non-hydrogen) atoms. The van der Waals surface area contributed by atoms with Crippen LogP contribution in [0.15, 0.2) is 0 Å². The Labute approximate surface area is 62.3 Å². The van der Waals surface area contributed by atoms with Crippen LogP contribution in [0.5, 0.6) is 0 Å². The maximum absolute atomic E-state index is 8.84. The van der Waals surface area contributed by atoms with Crippen molar-refractivity contribution in [3.05, 3.63) is 0 Å². The van der Waals surface area contributed by atoms with Crippen LogP contribution in [0.4, 0.5) is 0 Å². The molecule has 0 aliphatic heterocycles. The third kappa shape index (κ3) is 2.93. The molecule has 0 aromatic heterocycles. The molecular formula is C6H16O3P+. The summed E-state index contributed by atoms with van der Waals surface area (Å²) in [4.78, 5) is 26.5. The van der Waals surface area contributed by atoms with Crippen molar-refractivity contribution < 1.29 is 14.7 Å². The zero-order valence-corrected chi connectivity index (χ0v) is 7.76. The molecular weight excluding hydrogens is 151 g/mol. The lowest BCUT2D eigenvalue weighted by Gasteiger charge is -2.25. The lowest BCUT2D eigenvalue weighted by Crippen LogP contribution is -2.25. The number of hydrogen-bond donors (Lipinski definition) is 3. The van der Waals surface area contributed by atoms with E-state index < -0.39 is 13.6 Å². The topological polar surface area (TPSA) is 60.7 Å². The van der Waals surface area contributed by atoms with E-state index in [9.17, 15) is 0 Å². The third-order valence-corrected chi connectivity index (χ3v) is 3.59. The number of hydrogen-bond acceptors (Lipinski definition) is 3. The fourth-order valence-corrected chi connectivity index (χ4v) is 1.56. The summed E-state index contributed by atoms with van der Waals surface area (Å²) in [5.41, 5.74) is -0.716. The minimum atomic E-state index is -3.63. The monoisotopic (exact) mass is 167 g/mol. The van der Waals surface area contributed by atoms with Crippen LogP contribution in [0.3, 0.4) is 0 Å². The summed E-state index contributed by atoms with van der Waals surface area (Å²) in [7, 11) is -3.63. The predicted molar refractivity (Wildman–Crippen MR) is 42.5 cm³/mol. The van der Waals surface area contributed by atoms with Crippen LogP contribution in [0.2, 0.25) is 0 Å². The van der Waals surface area contributed by atoms with Crippen LogP contribution >= 0.6 is 7.94 Å². The Bertz CT molecular complexity index is 97.1. The van der Waals surface area contributed by atoms with E-state index in [1.165, 1.54) is 0 Å². The molecule has 0 fully saturated rings. The Kier molecular flexibility index (Phi) is 2.83. The molecule has 0 aliphatic carbocycles. The van der Waals surface area contributed by atoms with Gasteiger partial charge in [0, 0.05) is 5.41 Å². The maximum atomic E-state index is 8.84. The standard InChI is InChI=1S/C6H16O3P/c1-5(6(2,3)4)10(7,8)9/h5,7-9H,1-4H3/q+1. The normalized spacial score (nSPS) is 17.1. The van der Waals surface area contributed by atoms with E-state index in [2.05, 4.69) is 0 Å². The first-order chi connectivity index (χ1) is 4.15. The van der Waals surface area contributed by atoms with E-state index >= 15 is 0 Å². The summed E-state index contributed by atoms with van der Waals surface area (Å²) in [6.45, 7) is 7.20. The van der Waals surface area contributed by atoms with Gasteiger partial charge in [0.05, 0.1) is 0 Å². The second kappa shape index (κ2) is 2.74. The van der Waals surface area contributed by atoms with Gasteiger partial charge in [-0.25, -0.2) is 0 Å². The Morgan fingerprint density at radius 2 is 1.40 bits per heavy atom. The van der Waals surface area contributed by atoms with Crippen molar-refractivity contribution in [2.24, 2.45) is 5.41 Å². The van der Waals surface area contributed by atoms with Gasteiger partial charge in [0.1, 0.15) is 0 Å². The van der Waals surface area contributed by atoms with Gasteiger partial charge in [-0.05, 0) is 6.92 Å². The quantitative estimate of drug-likeness (QED) is 0.513. The number of rotatable bonds is 1. The Balaban J connectivity index is 4.23. The van der Waals surface area contributed by atoms with Crippen LogP contribution in [-0.2, 0) is 0 Å². The SMILES string of the molecule is CC(C(C)(C)C)[P+](O)(O)O. The first-order valence-corrected chi connectivity index (χ1v) is 4.94. The van der Waals surface area contributed by atoms with E-state index in [1.54, 1.807) is 6.92 Å². The van der Waals surface area contributed by atoms with Gasteiger partial charge in [0.15, 0.2) is 5.66 Å². The first-order valence-electron chi connectivity index (χ1n) is 3.22. The zero-order chi connectivity index (χ0) is 8.58. The third-order valence-electron chi connectivity index (χ3n) is 1.77. The second-order valence-corrected chi connectivity index (χ2v) is 5.66. The molecule has 0 rings (SSSR count). The van der Waals surface area contributed by atoms with Crippen LogP contribution in [0.25, 0.3) is 0 Å². The summed E-state index contributed by atoms with van der Waals surface area (Å²) < 4.78 is 0. The van der Waals surface area contributed by atoms with Crippen LogP contribution < -0.4 is 0 Å². The highest BCUT2D eigenvalue weighted by atomic mass is 31.2. The lowest BCUT2D eigenvalue weighted by molar-refractivity contribution is 0.271. The lowest BCUT2D eigenvalue weighted by atomic mass is 9.93. The van der Waals surface area contributed by atoms with Crippen LogP contribution in [0.1, 0.15) is 27.7 Å².